The van der Waals surface area contributed by atoms with Crippen molar-refractivity contribution in [1.29, 1.82) is 0 Å². The number of anilines is 1. The fourth-order valence-electron chi connectivity index (χ4n) is 2.94. The van der Waals surface area contributed by atoms with Crippen molar-refractivity contribution in [2.24, 2.45) is 0 Å². The topological polar surface area (TPSA) is 75.7 Å². The minimum atomic E-state index is -3.63. The molecule has 0 bridgehead atoms. The van der Waals surface area contributed by atoms with E-state index in [9.17, 15) is 13.2 Å². The van der Waals surface area contributed by atoms with Gasteiger partial charge in [-0.15, -0.1) is 0 Å². The van der Waals surface area contributed by atoms with E-state index in [1.807, 2.05) is 50.2 Å². The van der Waals surface area contributed by atoms with Crippen LogP contribution in [-0.4, -0.2) is 33.2 Å². The molecule has 1 N–H and O–H groups in total. The standard InChI is InChI=1S/C21H28N2O4S/c1-5-17-10-12-19(13-11-17)23(28(4,25)26)16(3)21(24)22-15-18-8-7-9-20(14-18)27-6-2/h7-14,16H,5-6,15H2,1-4H3,(H,22,24)/t16-/m0/s1. The largest absolute Gasteiger partial charge is 0.494 e. The van der Waals surface area contributed by atoms with Gasteiger partial charge < -0.3 is 10.1 Å². The van der Waals surface area contributed by atoms with Crippen molar-refractivity contribution in [3.8, 4) is 5.75 Å². The molecule has 1 atom stereocenters. The van der Waals surface area contributed by atoms with Crippen molar-refractivity contribution in [1.82, 2.24) is 5.32 Å². The van der Waals surface area contributed by atoms with Crippen molar-refractivity contribution in [2.75, 3.05) is 17.2 Å². The molecule has 1 amide bonds. The van der Waals surface area contributed by atoms with E-state index >= 15 is 0 Å². The van der Waals surface area contributed by atoms with Crippen molar-refractivity contribution < 1.29 is 17.9 Å². The Morgan fingerprint density at radius 3 is 2.36 bits per heavy atom. The number of rotatable bonds is 9. The van der Waals surface area contributed by atoms with Crippen LogP contribution in [0.3, 0.4) is 0 Å². The minimum Gasteiger partial charge on any atom is -0.494 e. The fraction of sp³-hybridized carbons (Fsp3) is 0.381. The number of nitrogens with zero attached hydrogens (tertiary/aromatic N) is 1. The first-order valence-corrected chi connectivity index (χ1v) is 11.2. The van der Waals surface area contributed by atoms with Crippen LogP contribution in [0.5, 0.6) is 5.75 Å². The summed E-state index contributed by atoms with van der Waals surface area (Å²) in [7, 11) is -3.63. The smallest absolute Gasteiger partial charge is 0.243 e. The molecule has 0 saturated heterocycles. The second-order valence-electron chi connectivity index (χ2n) is 6.55. The summed E-state index contributed by atoms with van der Waals surface area (Å²) in [6.07, 6.45) is 1.96. The van der Waals surface area contributed by atoms with Gasteiger partial charge in [0.25, 0.3) is 0 Å². The van der Waals surface area contributed by atoms with Gasteiger partial charge in [-0.1, -0.05) is 31.2 Å². The van der Waals surface area contributed by atoms with Crippen LogP contribution in [0.2, 0.25) is 0 Å². The summed E-state index contributed by atoms with van der Waals surface area (Å²) in [5.74, 6) is 0.364. The maximum Gasteiger partial charge on any atom is 0.243 e. The van der Waals surface area contributed by atoms with Crippen LogP contribution >= 0.6 is 0 Å². The third kappa shape index (κ3) is 5.73. The molecule has 0 aromatic heterocycles. The Morgan fingerprint density at radius 2 is 1.79 bits per heavy atom. The van der Waals surface area contributed by atoms with Gasteiger partial charge in [-0.3, -0.25) is 9.10 Å². The van der Waals surface area contributed by atoms with Crippen molar-refractivity contribution in [2.45, 2.75) is 39.8 Å². The van der Waals surface area contributed by atoms with Gasteiger partial charge in [0.15, 0.2) is 0 Å². The number of hydrogen-bond donors (Lipinski definition) is 1. The van der Waals surface area contributed by atoms with E-state index in [4.69, 9.17) is 4.74 Å². The Labute approximate surface area is 167 Å². The first-order valence-electron chi connectivity index (χ1n) is 9.34. The van der Waals surface area contributed by atoms with Crippen LogP contribution in [0.15, 0.2) is 48.5 Å². The molecule has 2 aromatic carbocycles. The molecule has 0 heterocycles. The zero-order chi connectivity index (χ0) is 20.7. The monoisotopic (exact) mass is 404 g/mol. The average Bonchev–Trinajstić information content (AvgIpc) is 2.66. The molecular weight excluding hydrogens is 376 g/mol. The third-order valence-corrected chi connectivity index (χ3v) is 5.61. The summed E-state index contributed by atoms with van der Waals surface area (Å²) in [4.78, 5) is 12.7. The van der Waals surface area contributed by atoms with E-state index in [1.165, 1.54) is 0 Å². The quantitative estimate of drug-likeness (QED) is 0.697. The predicted molar refractivity (Wildman–Crippen MR) is 112 cm³/mol. The number of amides is 1. The summed E-state index contributed by atoms with van der Waals surface area (Å²) in [5, 5.41) is 2.81. The van der Waals surface area contributed by atoms with E-state index < -0.39 is 16.1 Å². The van der Waals surface area contributed by atoms with Gasteiger partial charge in [0.2, 0.25) is 15.9 Å². The lowest BCUT2D eigenvalue weighted by Gasteiger charge is -2.28. The highest BCUT2D eigenvalue weighted by Crippen LogP contribution is 2.22. The van der Waals surface area contributed by atoms with Crippen LogP contribution < -0.4 is 14.4 Å². The highest BCUT2D eigenvalue weighted by Gasteiger charge is 2.28. The highest BCUT2D eigenvalue weighted by molar-refractivity contribution is 7.92. The molecule has 0 radical (unpaired) electrons. The fourth-order valence-corrected chi connectivity index (χ4v) is 4.11. The summed E-state index contributed by atoms with van der Waals surface area (Å²) < 4.78 is 31.3. The molecule has 0 unspecified atom stereocenters. The molecule has 7 heteroatoms. The number of ether oxygens (including phenoxy) is 1. The molecule has 0 aliphatic carbocycles. The second-order valence-corrected chi connectivity index (χ2v) is 8.41. The van der Waals surface area contributed by atoms with Gasteiger partial charge in [0, 0.05) is 6.54 Å². The van der Waals surface area contributed by atoms with Crippen LogP contribution in [-0.2, 0) is 27.8 Å². The van der Waals surface area contributed by atoms with Crippen LogP contribution in [0.4, 0.5) is 5.69 Å². The van der Waals surface area contributed by atoms with Gasteiger partial charge in [-0.2, -0.15) is 0 Å². The summed E-state index contributed by atoms with van der Waals surface area (Å²) in [6, 6.07) is 13.8. The maximum absolute atomic E-state index is 12.7. The van der Waals surface area contributed by atoms with Crippen molar-refractivity contribution >= 4 is 21.6 Å². The second kappa shape index (κ2) is 9.59. The first-order chi connectivity index (χ1) is 13.3. The zero-order valence-corrected chi connectivity index (χ0v) is 17.6. The Hall–Kier alpha value is -2.54. The highest BCUT2D eigenvalue weighted by atomic mass is 32.2. The summed E-state index contributed by atoms with van der Waals surface area (Å²) >= 11 is 0. The first kappa shape index (κ1) is 21.8. The Morgan fingerprint density at radius 1 is 1.11 bits per heavy atom. The molecule has 2 rings (SSSR count). The van der Waals surface area contributed by atoms with Gasteiger partial charge in [-0.05, 0) is 55.7 Å². The minimum absolute atomic E-state index is 0.288. The van der Waals surface area contributed by atoms with Gasteiger partial charge >= 0.3 is 0 Å². The van der Waals surface area contributed by atoms with Gasteiger partial charge in [0.05, 0.1) is 18.6 Å². The summed E-state index contributed by atoms with van der Waals surface area (Å²) in [6.45, 7) is 6.37. The molecule has 28 heavy (non-hydrogen) atoms. The number of carbonyl (C=O) groups is 1. The Bertz CT molecular complexity index is 895. The summed E-state index contributed by atoms with van der Waals surface area (Å²) in [5.41, 5.74) is 2.45. The Balaban J connectivity index is 2.14. The van der Waals surface area contributed by atoms with E-state index in [-0.39, 0.29) is 12.5 Å². The molecule has 0 saturated carbocycles. The lowest BCUT2D eigenvalue weighted by molar-refractivity contribution is -0.122. The van der Waals surface area contributed by atoms with Gasteiger partial charge in [-0.25, -0.2) is 8.42 Å². The molecule has 0 aliphatic heterocycles. The molecule has 0 fully saturated rings. The number of hydrogen-bond acceptors (Lipinski definition) is 4. The normalized spacial score (nSPS) is 12.3. The Kier molecular flexibility index (Phi) is 7.45. The third-order valence-electron chi connectivity index (χ3n) is 4.36. The van der Waals surface area contributed by atoms with Crippen LogP contribution in [0, 0.1) is 0 Å². The zero-order valence-electron chi connectivity index (χ0n) is 16.8. The maximum atomic E-state index is 12.7. The average molecular weight is 405 g/mol. The SMILES string of the molecule is CCOc1cccc(CNC(=O)[C@H](C)N(c2ccc(CC)cc2)S(C)(=O)=O)c1. The molecular formula is C21H28N2O4S. The lowest BCUT2D eigenvalue weighted by Crippen LogP contribution is -2.47. The predicted octanol–water partition coefficient (Wildman–Crippen LogP) is 3.12. The van der Waals surface area contributed by atoms with E-state index in [2.05, 4.69) is 5.32 Å². The molecule has 152 valence electrons. The lowest BCUT2D eigenvalue weighted by atomic mass is 10.1. The van der Waals surface area contributed by atoms with Crippen molar-refractivity contribution in [3.63, 3.8) is 0 Å². The molecule has 6 nitrogen and oxygen atoms in total. The number of aryl methyl sites for hydroxylation is 1. The number of nitrogens with one attached hydrogen (secondary N) is 1. The number of sulfonamides is 1. The van der Waals surface area contributed by atoms with E-state index in [0.29, 0.717) is 12.3 Å². The van der Waals surface area contributed by atoms with Crippen LogP contribution in [0.1, 0.15) is 31.9 Å². The number of benzene rings is 2. The molecule has 2 aromatic rings. The van der Waals surface area contributed by atoms with Gasteiger partial charge in [0.1, 0.15) is 11.8 Å². The molecule has 0 spiro atoms. The number of carbonyl (C=O) groups excluding carboxylic acids is 1. The van der Waals surface area contributed by atoms with Crippen molar-refractivity contribution in [3.05, 3.63) is 59.7 Å². The van der Waals surface area contributed by atoms with Crippen LogP contribution in [0.25, 0.3) is 0 Å². The van der Waals surface area contributed by atoms with E-state index in [0.717, 1.165) is 33.9 Å². The van der Waals surface area contributed by atoms with E-state index in [1.54, 1.807) is 19.1 Å². The molecule has 0 aliphatic rings.